The van der Waals surface area contributed by atoms with Crippen LogP contribution in [0.3, 0.4) is 0 Å². The maximum atomic E-state index is 12.5. The van der Waals surface area contributed by atoms with Gasteiger partial charge < -0.3 is 25.4 Å². The lowest BCUT2D eigenvalue weighted by molar-refractivity contribution is -0.114. The number of likely N-dealkylation sites (tertiary alicyclic amines) is 1. The molecule has 0 saturated carbocycles. The number of benzene rings is 1. The van der Waals surface area contributed by atoms with Gasteiger partial charge in [-0.05, 0) is 30.9 Å². The fourth-order valence-corrected chi connectivity index (χ4v) is 3.04. The molecule has 1 aliphatic heterocycles. The Kier molecular flexibility index (Phi) is 6.03. The highest BCUT2D eigenvalue weighted by atomic mass is 16.5. The molecule has 1 aliphatic rings. The van der Waals surface area contributed by atoms with Crippen LogP contribution in [-0.2, 0) is 4.79 Å². The molecule has 2 rings (SSSR count). The number of urea groups is 1. The third-order valence-electron chi connectivity index (χ3n) is 4.33. The van der Waals surface area contributed by atoms with E-state index in [0.29, 0.717) is 23.7 Å². The standard InChI is InChI=1S/C17H25N3O4/c1-11-5-4-8-20(15(11)10-21)17(23)19-13-6-7-14(18-12(2)22)16(9-13)24-3/h6-7,9,11,15,21H,4-5,8,10H2,1-3H3,(H,18,22)(H,19,23)/t11-,15+/m1/s1. The first-order chi connectivity index (χ1) is 11.5. The number of aliphatic hydroxyl groups is 1. The predicted octanol–water partition coefficient (Wildman–Crippen LogP) is 2.28. The second kappa shape index (κ2) is 8.01. The van der Waals surface area contributed by atoms with Gasteiger partial charge in [-0.25, -0.2) is 4.79 Å². The van der Waals surface area contributed by atoms with Crippen molar-refractivity contribution in [3.8, 4) is 5.75 Å². The Bertz CT molecular complexity index is 605. The molecule has 1 heterocycles. The monoisotopic (exact) mass is 335 g/mol. The Hall–Kier alpha value is -2.28. The number of nitrogens with one attached hydrogen (secondary N) is 2. The number of carbonyl (C=O) groups is 2. The molecule has 0 bridgehead atoms. The number of hydrogen-bond acceptors (Lipinski definition) is 4. The number of ether oxygens (including phenoxy) is 1. The molecule has 1 aromatic carbocycles. The van der Waals surface area contributed by atoms with Crippen LogP contribution in [0.4, 0.5) is 16.2 Å². The van der Waals surface area contributed by atoms with Crippen LogP contribution in [0.5, 0.6) is 5.75 Å². The van der Waals surface area contributed by atoms with Crippen molar-refractivity contribution < 1.29 is 19.4 Å². The van der Waals surface area contributed by atoms with Gasteiger partial charge >= 0.3 is 6.03 Å². The van der Waals surface area contributed by atoms with Gasteiger partial charge in [0.2, 0.25) is 5.91 Å². The van der Waals surface area contributed by atoms with Crippen molar-refractivity contribution in [2.24, 2.45) is 5.92 Å². The van der Waals surface area contributed by atoms with Gasteiger partial charge in [-0.2, -0.15) is 0 Å². The minimum absolute atomic E-state index is 0.0423. The molecule has 0 aromatic heterocycles. The van der Waals surface area contributed by atoms with Crippen molar-refractivity contribution in [2.45, 2.75) is 32.7 Å². The summed E-state index contributed by atoms with van der Waals surface area (Å²) in [6, 6.07) is 4.63. The van der Waals surface area contributed by atoms with E-state index >= 15 is 0 Å². The average Bonchev–Trinajstić information content (AvgIpc) is 2.55. The zero-order valence-corrected chi connectivity index (χ0v) is 14.3. The smallest absolute Gasteiger partial charge is 0.322 e. The van der Waals surface area contributed by atoms with Gasteiger partial charge in [0, 0.05) is 25.2 Å². The highest BCUT2D eigenvalue weighted by Gasteiger charge is 2.31. The SMILES string of the molecule is COc1cc(NC(=O)N2CCC[C@@H](C)[C@@H]2CO)ccc1NC(C)=O. The lowest BCUT2D eigenvalue weighted by Crippen LogP contribution is -2.51. The van der Waals surface area contributed by atoms with E-state index in [0.717, 1.165) is 12.8 Å². The molecular weight excluding hydrogens is 310 g/mol. The van der Waals surface area contributed by atoms with E-state index in [-0.39, 0.29) is 30.5 Å². The van der Waals surface area contributed by atoms with Crippen LogP contribution in [0.25, 0.3) is 0 Å². The van der Waals surface area contributed by atoms with Crippen LogP contribution >= 0.6 is 0 Å². The summed E-state index contributed by atoms with van der Waals surface area (Å²) < 4.78 is 5.25. The number of nitrogens with zero attached hydrogens (tertiary/aromatic N) is 1. The largest absolute Gasteiger partial charge is 0.494 e. The molecule has 7 nitrogen and oxygen atoms in total. The van der Waals surface area contributed by atoms with Crippen LogP contribution in [-0.4, -0.2) is 48.2 Å². The quantitative estimate of drug-likeness (QED) is 0.787. The molecule has 0 unspecified atom stereocenters. The third kappa shape index (κ3) is 4.17. The molecule has 3 N–H and O–H groups in total. The number of aliphatic hydroxyl groups excluding tert-OH is 1. The van der Waals surface area contributed by atoms with Crippen molar-refractivity contribution in [1.29, 1.82) is 0 Å². The normalized spacial score (nSPS) is 20.4. The van der Waals surface area contributed by atoms with Gasteiger partial charge in [0.05, 0.1) is 25.4 Å². The molecule has 7 heteroatoms. The molecule has 1 saturated heterocycles. The first-order valence-corrected chi connectivity index (χ1v) is 8.10. The molecule has 0 aliphatic carbocycles. The highest BCUT2D eigenvalue weighted by Crippen LogP contribution is 2.29. The van der Waals surface area contributed by atoms with E-state index in [1.54, 1.807) is 23.1 Å². The Labute approximate surface area is 142 Å². The van der Waals surface area contributed by atoms with Crippen LogP contribution in [0.1, 0.15) is 26.7 Å². The maximum Gasteiger partial charge on any atom is 0.322 e. The van der Waals surface area contributed by atoms with Gasteiger partial charge in [0.25, 0.3) is 0 Å². The van der Waals surface area contributed by atoms with Gasteiger partial charge in [0.1, 0.15) is 5.75 Å². The fourth-order valence-electron chi connectivity index (χ4n) is 3.04. The topological polar surface area (TPSA) is 90.9 Å². The number of hydrogen-bond donors (Lipinski definition) is 3. The van der Waals surface area contributed by atoms with Crippen molar-refractivity contribution >= 4 is 23.3 Å². The molecule has 1 fully saturated rings. The summed E-state index contributed by atoms with van der Waals surface area (Å²) in [5, 5.41) is 15.1. The summed E-state index contributed by atoms with van der Waals surface area (Å²) in [6.07, 6.45) is 1.93. The minimum atomic E-state index is -0.241. The van der Waals surface area contributed by atoms with Crippen LogP contribution in [0, 0.1) is 5.92 Å². The average molecular weight is 335 g/mol. The summed E-state index contributed by atoms with van der Waals surface area (Å²) >= 11 is 0. The molecule has 2 atom stereocenters. The first kappa shape index (κ1) is 18.1. The summed E-state index contributed by atoms with van der Waals surface area (Å²) in [7, 11) is 1.50. The lowest BCUT2D eigenvalue weighted by atomic mass is 9.91. The second-order valence-corrected chi connectivity index (χ2v) is 6.09. The number of amides is 3. The van der Waals surface area contributed by atoms with Crippen LogP contribution < -0.4 is 15.4 Å². The number of piperidine rings is 1. The van der Waals surface area contributed by atoms with E-state index in [2.05, 4.69) is 10.6 Å². The summed E-state index contributed by atoms with van der Waals surface area (Å²) in [4.78, 5) is 25.4. The first-order valence-electron chi connectivity index (χ1n) is 8.10. The second-order valence-electron chi connectivity index (χ2n) is 6.09. The Morgan fingerprint density at radius 2 is 2.12 bits per heavy atom. The van der Waals surface area contributed by atoms with Gasteiger partial charge in [-0.15, -0.1) is 0 Å². The lowest BCUT2D eigenvalue weighted by Gasteiger charge is -2.38. The zero-order chi connectivity index (χ0) is 17.7. The molecular formula is C17H25N3O4. The summed E-state index contributed by atoms with van der Waals surface area (Å²) in [5.74, 6) is 0.540. The van der Waals surface area contributed by atoms with Gasteiger partial charge in [0.15, 0.2) is 0 Å². The Morgan fingerprint density at radius 3 is 2.75 bits per heavy atom. The van der Waals surface area contributed by atoms with Gasteiger partial charge in [-0.3, -0.25) is 4.79 Å². The van der Waals surface area contributed by atoms with Gasteiger partial charge in [-0.1, -0.05) is 6.92 Å². The Balaban J connectivity index is 2.12. The maximum absolute atomic E-state index is 12.5. The van der Waals surface area contributed by atoms with Crippen molar-refractivity contribution in [3.63, 3.8) is 0 Å². The number of anilines is 2. The number of carbonyl (C=O) groups excluding carboxylic acids is 2. The predicted molar refractivity (Wildman–Crippen MR) is 92.3 cm³/mol. The fraction of sp³-hybridized carbons (Fsp3) is 0.529. The number of rotatable bonds is 4. The van der Waals surface area contributed by atoms with E-state index in [1.165, 1.54) is 14.0 Å². The number of methoxy groups -OCH3 is 1. The highest BCUT2D eigenvalue weighted by molar-refractivity contribution is 5.93. The van der Waals surface area contributed by atoms with Crippen molar-refractivity contribution in [1.82, 2.24) is 4.90 Å². The third-order valence-corrected chi connectivity index (χ3v) is 4.33. The molecule has 24 heavy (non-hydrogen) atoms. The summed E-state index contributed by atoms with van der Waals surface area (Å²) in [6.45, 7) is 4.05. The molecule has 3 amide bonds. The molecule has 1 aromatic rings. The van der Waals surface area contributed by atoms with Crippen molar-refractivity contribution in [3.05, 3.63) is 18.2 Å². The van der Waals surface area contributed by atoms with E-state index in [1.807, 2.05) is 6.92 Å². The van der Waals surface area contributed by atoms with E-state index in [4.69, 9.17) is 4.74 Å². The Morgan fingerprint density at radius 1 is 1.38 bits per heavy atom. The molecule has 0 radical (unpaired) electrons. The zero-order valence-electron chi connectivity index (χ0n) is 14.3. The van der Waals surface area contributed by atoms with E-state index < -0.39 is 0 Å². The van der Waals surface area contributed by atoms with Crippen LogP contribution in [0.2, 0.25) is 0 Å². The van der Waals surface area contributed by atoms with Crippen molar-refractivity contribution in [2.75, 3.05) is 30.9 Å². The van der Waals surface area contributed by atoms with Crippen LogP contribution in [0.15, 0.2) is 18.2 Å². The molecule has 0 spiro atoms. The van der Waals surface area contributed by atoms with E-state index in [9.17, 15) is 14.7 Å². The molecule has 132 valence electrons. The minimum Gasteiger partial charge on any atom is -0.494 e. The summed E-state index contributed by atoms with van der Waals surface area (Å²) in [5.41, 5.74) is 1.11.